The first-order chi connectivity index (χ1) is 6.67. The summed E-state index contributed by atoms with van der Waals surface area (Å²) in [5.74, 6) is -0.399. The number of carbonyl (C=O) groups is 2. The van der Waals surface area contributed by atoms with E-state index in [1.54, 1.807) is 0 Å². The summed E-state index contributed by atoms with van der Waals surface area (Å²) in [4.78, 5) is 23.3. The molecule has 3 heteroatoms. The van der Waals surface area contributed by atoms with E-state index in [2.05, 4.69) is 13.2 Å². The van der Waals surface area contributed by atoms with Crippen LogP contribution in [0.3, 0.4) is 0 Å². The third-order valence-electron chi connectivity index (χ3n) is 2.77. The van der Waals surface area contributed by atoms with Crippen LogP contribution in [0.5, 0.6) is 0 Å². The number of carbonyl (C=O) groups excluding carboxylic acids is 2. The van der Waals surface area contributed by atoms with E-state index in [1.165, 1.54) is 12.2 Å². The highest BCUT2D eigenvalue weighted by Gasteiger charge is 2.42. The first-order valence-electron chi connectivity index (χ1n) is 4.88. The monoisotopic (exact) mass is 194 g/mol. The Morgan fingerprint density at radius 2 is 1.36 bits per heavy atom. The van der Waals surface area contributed by atoms with E-state index in [9.17, 15) is 9.59 Å². The lowest BCUT2D eigenvalue weighted by Crippen LogP contribution is -2.58. The van der Waals surface area contributed by atoms with Gasteiger partial charge in [-0.15, -0.1) is 0 Å². The first-order valence-corrected chi connectivity index (χ1v) is 4.88. The molecule has 0 aromatic carbocycles. The number of piperidine rings is 1. The van der Waals surface area contributed by atoms with E-state index in [0.717, 1.165) is 19.3 Å². The molecular formula is C11H16NO2+. The van der Waals surface area contributed by atoms with Gasteiger partial charge in [0.25, 0.3) is 0 Å². The van der Waals surface area contributed by atoms with Gasteiger partial charge in [0.2, 0.25) is 0 Å². The van der Waals surface area contributed by atoms with Crippen molar-refractivity contribution in [3.63, 3.8) is 0 Å². The van der Waals surface area contributed by atoms with Crippen LogP contribution in [-0.2, 0) is 9.59 Å². The molecule has 1 fully saturated rings. The van der Waals surface area contributed by atoms with Crippen molar-refractivity contribution in [2.75, 3.05) is 13.1 Å². The Labute approximate surface area is 84.3 Å². The minimum Gasteiger partial charge on any atom is -0.226 e. The molecule has 0 aliphatic carbocycles. The number of quaternary nitrogens is 1. The largest absolute Gasteiger partial charge is 0.345 e. The molecular weight excluding hydrogens is 178 g/mol. The molecule has 1 rings (SSSR count). The predicted molar refractivity (Wildman–Crippen MR) is 54.3 cm³/mol. The van der Waals surface area contributed by atoms with Crippen molar-refractivity contribution in [3.8, 4) is 0 Å². The van der Waals surface area contributed by atoms with Crippen LogP contribution in [0, 0.1) is 0 Å². The summed E-state index contributed by atoms with van der Waals surface area (Å²) >= 11 is 0. The van der Waals surface area contributed by atoms with Gasteiger partial charge in [0, 0.05) is 12.2 Å². The van der Waals surface area contributed by atoms with Gasteiger partial charge in [0.15, 0.2) is 0 Å². The third kappa shape index (κ3) is 1.68. The van der Waals surface area contributed by atoms with Crippen LogP contribution in [0.25, 0.3) is 0 Å². The SMILES string of the molecule is C=CC(=O)[N+]1(C(=O)C=C)CCCCC1. The van der Waals surface area contributed by atoms with Crippen molar-refractivity contribution in [1.29, 1.82) is 0 Å². The zero-order valence-electron chi connectivity index (χ0n) is 8.37. The molecule has 0 radical (unpaired) electrons. The minimum absolute atomic E-state index is 0.104. The summed E-state index contributed by atoms with van der Waals surface area (Å²) in [5, 5.41) is 0. The fourth-order valence-corrected chi connectivity index (χ4v) is 1.95. The average molecular weight is 194 g/mol. The van der Waals surface area contributed by atoms with Crippen LogP contribution >= 0.6 is 0 Å². The summed E-state index contributed by atoms with van der Waals surface area (Å²) in [7, 11) is 0. The van der Waals surface area contributed by atoms with E-state index in [0.29, 0.717) is 13.1 Å². The highest BCUT2D eigenvalue weighted by atomic mass is 16.2. The van der Waals surface area contributed by atoms with E-state index >= 15 is 0 Å². The number of amides is 2. The minimum atomic E-state index is -0.199. The predicted octanol–water partition coefficient (Wildman–Crippen LogP) is 1.41. The Morgan fingerprint density at radius 1 is 0.929 bits per heavy atom. The second-order valence-corrected chi connectivity index (χ2v) is 3.56. The van der Waals surface area contributed by atoms with Crippen LogP contribution in [-0.4, -0.2) is 29.4 Å². The lowest BCUT2D eigenvalue weighted by atomic mass is 10.1. The van der Waals surface area contributed by atoms with Gasteiger partial charge in [-0.05, 0) is 19.3 Å². The molecule has 0 saturated carbocycles. The van der Waals surface area contributed by atoms with Crippen molar-refractivity contribution in [1.82, 2.24) is 0 Å². The fraction of sp³-hybridized carbons (Fsp3) is 0.455. The molecule has 0 unspecified atom stereocenters. The smallest absolute Gasteiger partial charge is 0.226 e. The Kier molecular flexibility index (Phi) is 3.36. The fourth-order valence-electron chi connectivity index (χ4n) is 1.95. The Balaban J connectivity index is 2.99. The van der Waals surface area contributed by atoms with Crippen LogP contribution in [0.4, 0.5) is 0 Å². The molecule has 1 aliphatic rings. The van der Waals surface area contributed by atoms with E-state index in [4.69, 9.17) is 0 Å². The highest BCUT2D eigenvalue weighted by molar-refractivity contribution is 5.95. The van der Waals surface area contributed by atoms with Crippen LogP contribution in [0.15, 0.2) is 25.3 Å². The average Bonchev–Trinajstić information content (AvgIpc) is 2.27. The van der Waals surface area contributed by atoms with Gasteiger partial charge in [-0.1, -0.05) is 13.2 Å². The topological polar surface area (TPSA) is 34.1 Å². The van der Waals surface area contributed by atoms with Crippen molar-refractivity contribution in [2.24, 2.45) is 0 Å². The number of rotatable bonds is 2. The second-order valence-electron chi connectivity index (χ2n) is 3.56. The van der Waals surface area contributed by atoms with E-state index in [1.807, 2.05) is 0 Å². The molecule has 76 valence electrons. The van der Waals surface area contributed by atoms with Gasteiger partial charge in [0.1, 0.15) is 0 Å². The maximum atomic E-state index is 11.7. The van der Waals surface area contributed by atoms with Gasteiger partial charge in [-0.3, -0.25) is 0 Å². The van der Waals surface area contributed by atoms with Gasteiger partial charge < -0.3 is 0 Å². The normalized spacial score (nSPS) is 19.7. The van der Waals surface area contributed by atoms with Crippen LogP contribution < -0.4 is 0 Å². The molecule has 1 saturated heterocycles. The molecule has 0 aromatic heterocycles. The number of imide groups is 1. The second kappa shape index (κ2) is 4.33. The summed E-state index contributed by atoms with van der Waals surface area (Å²) in [6, 6.07) is 0. The summed E-state index contributed by atoms with van der Waals surface area (Å²) in [5.41, 5.74) is 0. The summed E-state index contributed by atoms with van der Waals surface area (Å²) in [6.07, 6.45) is 5.41. The maximum absolute atomic E-state index is 11.7. The van der Waals surface area contributed by atoms with Crippen molar-refractivity contribution < 1.29 is 14.1 Å². The molecule has 0 N–H and O–H groups in total. The van der Waals surface area contributed by atoms with Gasteiger partial charge in [-0.25, -0.2) is 9.59 Å². The summed E-state index contributed by atoms with van der Waals surface area (Å²) in [6.45, 7) is 8.08. The number of hydrogen-bond acceptors (Lipinski definition) is 2. The Morgan fingerprint density at radius 3 is 1.71 bits per heavy atom. The Bertz CT molecular complexity index is 253. The first kappa shape index (κ1) is 10.9. The molecule has 1 heterocycles. The molecule has 3 nitrogen and oxygen atoms in total. The van der Waals surface area contributed by atoms with Crippen LogP contribution in [0.2, 0.25) is 0 Å². The van der Waals surface area contributed by atoms with Gasteiger partial charge in [-0.2, -0.15) is 4.48 Å². The molecule has 0 bridgehead atoms. The lowest BCUT2D eigenvalue weighted by Gasteiger charge is -2.34. The zero-order chi connectivity index (χ0) is 10.6. The lowest BCUT2D eigenvalue weighted by molar-refractivity contribution is -0.779. The zero-order valence-corrected chi connectivity index (χ0v) is 8.37. The van der Waals surface area contributed by atoms with E-state index in [-0.39, 0.29) is 16.3 Å². The van der Waals surface area contributed by atoms with Crippen molar-refractivity contribution >= 4 is 11.8 Å². The Hall–Kier alpha value is -1.22. The molecule has 14 heavy (non-hydrogen) atoms. The van der Waals surface area contributed by atoms with Crippen molar-refractivity contribution in [2.45, 2.75) is 19.3 Å². The standard InChI is InChI=1S/C11H16NO2/c1-3-10(13)12(11(14)4-2)8-6-5-7-9-12/h3-4H,1-2,5-9H2/q+1. The van der Waals surface area contributed by atoms with Crippen LogP contribution in [0.1, 0.15) is 19.3 Å². The molecule has 0 spiro atoms. The molecule has 0 aromatic rings. The van der Waals surface area contributed by atoms with Crippen molar-refractivity contribution in [3.05, 3.63) is 25.3 Å². The number of likely N-dealkylation sites (tertiary alicyclic amines) is 1. The summed E-state index contributed by atoms with van der Waals surface area (Å²) < 4.78 is -0.104. The molecule has 2 amide bonds. The molecule has 1 aliphatic heterocycles. The third-order valence-corrected chi connectivity index (χ3v) is 2.77. The molecule has 0 atom stereocenters. The quantitative estimate of drug-likeness (QED) is 0.492. The van der Waals surface area contributed by atoms with Gasteiger partial charge in [0.05, 0.1) is 13.1 Å². The number of hydrogen-bond donors (Lipinski definition) is 0. The van der Waals surface area contributed by atoms with E-state index < -0.39 is 0 Å². The number of nitrogens with zero attached hydrogens (tertiary/aromatic N) is 1. The van der Waals surface area contributed by atoms with Gasteiger partial charge >= 0.3 is 11.8 Å². The maximum Gasteiger partial charge on any atom is 0.345 e. The highest BCUT2D eigenvalue weighted by Crippen LogP contribution is 2.20.